The number of nitrogens with one attached hydrogen (secondary N) is 1. The minimum Gasteiger partial charge on any atom is -0.493 e. The Morgan fingerprint density at radius 3 is 2.90 bits per heavy atom. The Hall–Kier alpha value is -1.87. The molecule has 0 radical (unpaired) electrons. The lowest BCUT2D eigenvalue weighted by Crippen LogP contribution is -2.22. The molecule has 2 heterocycles. The van der Waals surface area contributed by atoms with E-state index in [0.717, 1.165) is 30.9 Å². The number of pyridine rings is 1. The maximum absolute atomic E-state index is 5.76. The summed E-state index contributed by atoms with van der Waals surface area (Å²) in [6, 6.07) is 13.0. The average Bonchev–Trinajstić information content (AvgIpc) is 2.54. The van der Waals surface area contributed by atoms with Gasteiger partial charge >= 0.3 is 0 Å². The second-order valence-electron chi connectivity index (χ2n) is 5.68. The fourth-order valence-electron chi connectivity index (χ4n) is 3.05. The van der Waals surface area contributed by atoms with Crippen molar-refractivity contribution in [2.45, 2.75) is 31.7 Å². The largest absolute Gasteiger partial charge is 0.493 e. The molecule has 0 amide bonds. The van der Waals surface area contributed by atoms with Gasteiger partial charge in [0.2, 0.25) is 0 Å². The van der Waals surface area contributed by atoms with Crippen molar-refractivity contribution in [3.8, 4) is 5.75 Å². The fraction of sp³-hybridized carbons (Fsp3) is 0.389. The Balaban J connectivity index is 1.80. The van der Waals surface area contributed by atoms with Crippen LogP contribution in [0.15, 0.2) is 42.6 Å². The van der Waals surface area contributed by atoms with E-state index in [9.17, 15) is 0 Å². The first-order chi connectivity index (χ1) is 10.3. The van der Waals surface area contributed by atoms with Crippen LogP contribution >= 0.6 is 0 Å². The number of ether oxygens (including phenoxy) is 1. The number of rotatable bonds is 4. The molecule has 3 heteroatoms. The fourth-order valence-corrected chi connectivity index (χ4v) is 3.05. The first kappa shape index (κ1) is 14.1. The van der Waals surface area contributed by atoms with Gasteiger partial charge in [0, 0.05) is 17.9 Å². The number of aryl methyl sites for hydroxylation is 1. The number of fused-ring (bicyclic) bond motifs is 1. The van der Waals surface area contributed by atoms with Crippen LogP contribution < -0.4 is 10.1 Å². The standard InChI is InChI=1S/C18H22N2O/c1-13-7-8-15(12-20-13)17(19-2)11-14-9-10-21-18-6-4-3-5-16(14)18/h3-8,12,14,17,19H,9-11H2,1-2H3. The van der Waals surface area contributed by atoms with Crippen LogP contribution in [0.2, 0.25) is 0 Å². The first-order valence-corrected chi connectivity index (χ1v) is 7.59. The van der Waals surface area contributed by atoms with Gasteiger partial charge < -0.3 is 10.1 Å². The van der Waals surface area contributed by atoms with E-state index in [-0.39, 0.29) is 0 Å². The van der Waals surface area contributed by atoms with Crippen molar-refractivity contribution in [2.24, 2.45) is 0 Å². The van der Waals surface area contributed by atoms with E-state index in [2.05, 4.69) is 40.6 Å². The Morgan fingerprint density at radius 2 is 2.14 bits per heavy atom. The van der Waals surface area contributed by atoms with E-state index < -0.39 is 0 Å². The molecule has 0 spiro atoms. The van der Waals surface area contributed by atoms with Gasteiger partial charge in [-0.25, -0.2) is 0 Å². The molecule has 2 unspecified atom stereocenters. The predicted molar refractivity (Wildman–Crippen MR) is 84.7 cm³/mol. The van der Waals surface area contributed by atoms with E-state index in [0.29, 0.717) is 12.0 Å². The molecule has 1 aliphatic rings. The van der Waals surface area contributed by atoms with Crippen LogP contribution in [-0.2, 0) is 0 Å². The van der Waals surface area contributed by atoms with Crippen molar-refractivity contribution in [2.75, 3.05) is 13.7 Å². The Morgan fingerprint density at radius 1 is 1.29 bits per heavy atom. The van der Waals surface area contributed by atoms with Crippen LogP contribution in [-0.4, -0.2) is 18.6 Å². The minimum atomic E-state index is 0.328. The third-order valence-electron chi connectivity index (χ3n) is 4.29. The molecule has 0 bridgehead atoms. The van der Waals surface area contributed by atoms with Crippen molar-refractivity contribution in [1.29, 1.82) is 0 Å². The molecular weight excluding hydrogens is 260 g/mol. The molecule has 1 aromatic carbocycles. The number of hydrogen-bond acceptors (Lipinski definition) is 3. The van der Waals surface area contributed by atoms with Gasteiger partial charge in [-0.3, -0.25) is 4.98 Å². The molecule has 1 aromatic heterocycles. The van der Waals surface area contributed by atoms with E-state index in [1.165, 1.54) is 11.1 Å². The van der Waals surface area contributed by atoms with Crippen LogP contribution in [0.25, 0.3) is 0 Å². The zero-order valence-corrected chi connectivity index (χ0v) is 12.7. The van der Waals surface area contributed by atoms with Crippen molar-refractivity contribution < 1.29 is 4.74 Å². The maximum atomic E-state index is 5.76. The second-order valence-corrected chi connectivity index (χ2v) is 5.68. The molecule has 2 aromatic rings. The first-order valence-electron chi connectivity index (χ1n) is 7.59. The summed E-state index contributed by atoms with van der Waals surface area (Å²) in [4.78, 5) is 4.42. The van der Waals surface area contributed by atoms with Crippen molar-refractivity contribution in [3.05, 3.63) is 59.4 Å². The summed E-state index contributed by atoms with van der Waals surface area (Å²) in [6.07, 6.45) is 4.14. The lowest BCUT2D eigenvalue weighted by molar-refractivity contribution is 0.256. The molecule has 3 nitrogen and oxygen atoms in total. The highest BCUT2D eigenvalue weighted by molar-refractivity contribution is 5.38. The summed E-state index contributed by atoms with van der Waals surface area (Å²) in [5, 5.41) is 3.44. The molecule has 21 heavy (non-hydrogen) atoms. The summed E-state index contributed by atoms with van der Waals surface area (Å²) < 4.78 is 5.76. The third kappa shape index (κ3) is 3.08. The van der Waals surface area contributed by atoms with Crippen LogP contribution in [0.4, 0.5) is 0 Å². The molecule has 2 atom stereocenters. The molecule has 0 saturated carbocycles. The predicted octanol–water partition coefficient (Wildman–Crippen LogP) is 3.61. The van der Waals surface area contributed by atoms with Gasteiger partial charge in [0.1, 0.15) is 5.75 Å². The summed E-state index contributed by atoms with van der Waals surface area (Å²) in [7, 11) is 2.02. The Labute approximate surface area is 126 Å². The molecule has 0 aliphatic carbocycles. The van der Waals surface area contributed by atoms with Gasteiger partial charge in [0.05, 0.1) is 6.61 Å². The molecule has 110 valence electrons. The molecule has 0 saturated heterocycles. The van der Waals surface area contributed by atoms with E-state index in [4.69, 9.17) is 4.74 Å². The molecular formula is C18H22N2O. The SMILES string of the molecule is CNC(CC1CCOc2ccccc21)c1ccc(C)nc1. The van der Waals surface area contributed by atoms with Gasteiger partial charge in [-0.2, -0.15) is 0 Å². The lowest BCUT2D eigenvalue weighted by atomic mass is 9.86. The van der Waals surface area contributed by atoms with E-state index >= 15 is 0 Å². The third-order valence-corrected chi connectivity index (χ3v) is 4.29. The quantitative estimate of drug-likeness (QED) is 0.930. The molecule has 1 N–H and O–H groups in total. The normalized spacial score (nSPS) is 18.7. The molecule has 3 rings (SSSR count). The monoisotopic (exact) mass is 282 g/mol. The van der Waals surface area contributed by atoms with Crippen molar-refractivity contribution in [1.82, 2.24) is 10.3 Å². The van der Waals surface area contributed by atoms with Crippen LogP contribution in [0, 0.1) is 6.92 Å². The summed E-state index contributed by atoms with van der Waals surface area (Å²) in [5.41, 5.74) is 3.65. The maximum Gasteiger partial charge on any atom is 0.122 e. The van der Waals surface area contributed by atoms with Crippen LogP contribution in [0.5, 0.6) is 5.75 Å². The number of aromatic nitrogens is 1. The smallest absolute Gasteiger partial charge is 0.122 e. The van der Waals surface area contributed by atoms with Gasteiger partial charge in [-0.15, -0.1) is 0 Å². The van der Waals surface area contributed by atoms with Gasteiger partial charge in [0.25, 0.3) is 0 Å². The van der Waals surface area contributed by atoms with Crippen LogP contribution in [0.1, 0.15) is 41.6 Å². The second kappa shape index (κ2) is 6.27. The van der Waals surface area contributed by atoms with Gasteiger partial charge in [-0.1, -0.05) is 24.3 Å². The average molecular weight is 282 g/mol. The van der Waals surface area contributed by atoms with Gasteiger partial charge in [-0.05, 0) is 56.0 Å². The number of hydrogen-bond donors (Lipinski definition) is 1. The van der Waals surface area contributed by atoms with E-state index in [1.54, 1.807) is 0 Å². The summed E-state index contributed by atoms with van der Waals surface area (Å²) in [6.45, 7) is 2.83. The highest BCUT2D eigenvalue weighted by Crippen LogP contribution is 2.38. The highest BCUT2D eigenvalue weighted by Gasteiger charge is 2.24. The molecule has 1 aliphatic heterocycles. The molecule has 0 fully saturated rings. The number of nitrogens with zero attached hydrogens (tertiary/aromatic N) is 1. The zero-order chi connectivity index (χ0) is 14.7. The van der Waals surface area contributed by atoms with Crippen LogP contribution in [0.3, 0.4) is 0 Å². The summed E-state index contributed by atoms with van der Waals surface area (Å²) in [5.74, 6) is 1.58. The van der Waals surface area contributed by atoms with Gasteiger partial charge in [0.15, 0.2) is 0 Å². The van der Waals surface area contributed by atoms with Crippen molar-refractivity contribution in [3.63, 3.8) is 0 Å². The number of para-hydroxylation sites is 1. The zero-order valence-electron chi connectivity index (χ0n) is 12.7. The highest BCUT2D eigenvalue weighted by atomic mass is 16.5. The van der Waals surface area contributed by atoms with E-state index in [1.807, 2.05) is 26.2 Å². The number of benzene rings is 1. The van der Waals surface area contributed by atoms with Crippen molar-refractivity contribution >= 4 is 0 Å². The Bertz CT molecular complexity index is 594. The minimum absolute atomic E-state index is 0.328. The summed E-state index contributed by atoms with van der Waals surface area (Å²) >= 11 is 0. The lowest BCUT2D eigenvalue weighted by Gasteiger charge is -2.29. The topological polar surface area (TPSA) is 34.1 Å². The Kier molecular flexibility index (Phi) is 4.20.